The van der Waals surface area contributed by atoms with Crippen LogP contribution in [0, 0.1) is 0 Å². The van der Waals surface area contributed by atoms with Crippen LogP contribution < -0.4 is 4.74 Å². The van der Waals surface area contributed by atoms with Crippen LogP contribution in [0.5, 0.6) is 5.75 Å². The van der Waals surface area contributed by atoms with Crippen molar-refractivity contribution in [2.75, 3.05) is 7.11 Å². The van der Waals surface area contributed by atoms with Crippen LogP contribution in [0.1, 0.15) is 37.5 Å². The Kier molecular flexibility index (Phi) is 2.96. The van der Waals surface area contributed by atoms with Gasteiger partial charge in [-0.15, -0.1) is 0 Å². The van der Waals surface area contributed by atoms with Gasteiger partial charge in [-0.1, -0.05) is 6.07 Å². The van der Waals surface area contributed by atoms with E-state index in [0.717, 1.165) is 18.6 Å². The van der Waals surface area contributed by atoms with E-state index in [9.17, 15) is 0 Å². The van der Waals surface area contributed by atoms with Gasteiger partial charge in [0, 0.05) is 7.11 Å². The molecule has 1 aromatic carbocycles. The Morgan fingerprint density at radius 1 is 1.33 bits per heavy atom. The summed E-state index contributed by atoms with van der Waals surface area (Å²) in [5.74, 6) is 0.973. The van der Waals surface area contributed by atoms with Gasteiger partial charge in [0.2, 0.25) is 0 Å². The summed E-state index contributed by atoms with van der Waals surface area (Å²) in [7, 11) is 1.78. The molecule has 0 spiro atoms. The molecule has 0 amide bonds. The van der Waals surface area contributed by atoms with E-state index in [0.29, 0.717) is 0 Å². The topological polar surface area (TPSA) is 18.5 Å². The second-order valence-corrected chi connectivity index (χ2v) is 4.29. The Morgan fingerprint density at radius 2 is 2.13 bits per heavy atom. The highest BCUT2D eigenvalue weighted by atomic mass is 16.5. The van der Waals surface area contributed by atoms with E-state index in [1.54, 1.807) is 7.11 Å². The fraction of sp³-hybridized carbons (Fsp3) is 0.538. The molecule has 0 aromatic heterocycles. The number of hydrogen-bond acceptors (Lipinski definition) is 2. The second kappa shape index (κ2) is 4.23. The molecule has 0 N–H and O–H groups in total. The first kappa shape index (κ1) is 10.5. The Hall–Kier alpha value is -1.02. The summed E-state index contributed by atoms with van der Waals surface area (Å²) in [6.07, 6.45) is 2.72. The number of hydrogen-bond donors (Lipinski definition) is 0. The second-order valence-electron chi connectivity index (χ2n) is 4.29. The average Bonchev–Trinajstić information content (AvgIpc) is 2.58. The maximum absolute atomic E-state index is 5.67. The third kappa shape index (κ3) is 2.15. The van der Waals surface area contributed by atoms with Crippen LogP contribution in [0.3, 0.4) is 0 Å². The zero-order chi connectivity index (χ0) is 10.8. The molecule has 1 aromatic rings. The minimum absolute atomic E-state index is 0.239. The van der Waals surface area contributed by atoms with E-state index in [1.165, 1.54) is 11.1 Å². The van der Waals surface area contributed by atoms with Crippen LogP contribution in [-0.2, 0) is 11.2 Å². The number of methoxy groups -OCH3 is 1. The molecule has 82 valence electrons. The highest BCUT2D eigenvalue weighted by Gasteiger charge is 2.22. The van der Waals surface area contributed by atoms with E-state index >= 15 is 0 Å². The van der Waals surface area contributed by atoms with Gasteiger partial charge in [0.25, 0.3) is 0 Å². The molecule has 0 aliphatic heterocycles. The fourth-order valence-corrected chi connectivity index (χ4v) is 2.15. The summed E-state index contributed by atoms with van der Waals surface area (Å²) in [5.41, 5.74) is 2.70. The zero-order valence-corrected chi connectivity index (χ0v) is 9.62. The largest absolute Gasteiger partial charge is 0.491 e. The quantitative estimate of drug-likeness (QED) is 0.756. The van der Waals surface area contributed by atoms with E-state index in [-0.39, 0.29) is 12.2 Å². The summed E-state index contributed by atoms with van der Waals surface area (Å²) in [6.45, 7) is 4.09. The minimum Gasteiger partial charge on any atom is -0.491 e. The first-order chi connectivity index (χ1) is 7.20. The molecular formula is C13H18O2. The van der Waals surface area contributed by atoms with Crippen molar-refractivity contribution in [2.45, 2.75) is 38.9 Å². The molecule has 0 radical (unpaired) electrons. The SMILES string of the molecule is COC1CCc2cc(OC(C)C)ccc21. The van der Waals surface area contributed by atoms with Crippen molar-refractivity contribution in [3.63, 3.8) is 0 Å². The maximum Gasteiger partial charge on any atom is 0.119 e. The van der Waals surface area contributed by atoms with Crippen molar-refractivity contribution in [1.82, 2.24) is 0 Å². The lowest BCUT2D eigenvalue weighted by Crippen LogP contribution is -2.05. The van der Waals surface area contributed by atoms with Gasteiger partial charge in [-0.25, -0.2) is 0 Å². The van der Waals surface area contributed by atoms with Crippen LogP contribution in [0.4, 0.5) is 0 Å². The van der Waals surface area contributed by atoms with Crippen LogP contribution in [0.2, 0.25) is 0 Å². The van der Waals surface area contributed by atoms with Crippen LogP contribution >= 0.6 is 0 Å². The third-order valence-corrected chi connectivity index (χ3v) is 2.79. The Bertz CT molecular complexity index is 344. The zero-order valence-electron chi connectivity index (χ0n) is 9.62. The van der Waals surface area contributed by atoms with Crippen molar-refractivity contribution in [3.05, 3.63) is 29.3 Å². The molecule has 15 heavy (non-hydrogen) atoms. The molecule has 2 heteroatoms. The molecule has 1 unspecified atom stereocenters. The van der Waals surface area contributed by atoms with Crippen molar-refractivity contribution >= 4 is 0 Å². The van der Waals surface area contributed by atoms with Gasteiger partial charge in [0.05, 0.1) is 12.2 Å². The molecule has 0 heterocycles. The van der Waals surface area contributed by atoms with Crippen LogP contribution in [0.15, 0.2) is 18.2 Å². The highest BCUT2D eigenvalue weighted by Crippen LogP contribution is 2.35. The lowest BCUT2D eigenvalue weighted by Gasteiger charge is -2.12. The van der Waals surface area contributed by atoms with E-state index in [2.05, 4.69) is 12.1 Å². The first-order valence-electron chi connectivity index (χ1n) is 5.53. The molecule has 0 saturated carbocycles. The predicted molar refractivity (Wildman–Crippen MR) is 60.3 cm³/mol. The molecule has 1 atom stereocenters. The first-order valence-corrected chi connectivity index (χ1v) is 5.53. The Morgan fingerprint density at radius 3 is 2.80 bits per heavy atom. The molecule has 1 aliphatic carbocycles. The van der Waals surface area contributed by atoms with Crippen molar-refractivity contribution in [3.8, 4) is 5.75 Å². The van der Waals surface area contributed by atoms with Gasteiger partial charge in [0.1, 0.15) is 5.75 Å². The molecule has 1 aliphatic rings. The monoisotopic (exact) mass is 206 g/mol. The van der Waals surface area contributed by atoms with Crippen LogP contribution in [0.25, 0.3) is 0 Å². The molecule has 2 rings (SSSR count). The lowest BCUT2D eigenvalue weighted by molar-refractivity contribution is 0.105. The Labute approximate surface area is 91.2 Å². The molecular weight excluding hydrogens is 188 g/mol. The summed E-state index contributed by atoms with van der Waals surface area (Å²) in [6, 6.07) is 6.32. The fourth-order valence-electron chi connectivity index (χ4n) is 2.15. The molecule has 2 nitrogen and oxygen atoms in total. The van der Waals surface area contributed by atoms with Crippen molar-refractivity contribution in [2.24, 2.45) is 0 Å². The van der Waals surface area contributed by atoms with Crippen LogP contribution in [-0.4, -0.2) is 13.2 Å². The smallest absolute Gasteiger partial charge is 0.119 e. The number of aryl methyl sites for hydroxylation is 1. The Balaban J connectivity index is 2.21. The standard InChI is InChI=1S/C13H18O2/c1-9(2)15-11-5-6-12-10(8-11)4-7-13(12)14-3/h5-6,8-9,13H,4,7H2,1-3H3. The van der Waals surface area contributed by atoms with Crippen molar-refractivity contribution < 1.29 is 9.47 Å². The number of fused-ring (bicyclic) bond motifs is 1. The maximum atomic E-state index is 5.67. The number of rotatable bonds is 3. The number of benzene rings is 1. The minimum atomic E-state index is 0.239. The lowest BCUT2D eigenvalue weighted by atomic mass is 10.1. The summed E-state index contributed by atoms with van der Waals surface area (Å²) < 4.78 is 11.1. The van der Waals surface area contributed by atoms with Gasteiger partial charge in [-0.05, 0) is 49.9 Å². The summed E-state index contributed by atoms with van der Waals surface area (Å²) in [4.78, 5) is 0. The van der Waals surface area contributed by atoms with Gasteiger partial charge < -0.3 is 9.47 Å². The molecule has 0 bridgehead atoms. The number of ether oxygens (including phenoxy) is 2. The molecule has 0 saturated heterocycles. The summed E-state index contributed by atoms with van der Waals surface area (Å²) in [5, 5.41) is 0. The molecule has 0 fully saturated rings. The normalized spacial score (nSPS) is 19.3. The van der Waals surface area contributed by atoms with E-state index < -0.39 is 0 Å². The van der Waals surface area contributed by atoms with Gasteiger partial charge in [-0.3, -0.25) is 0 Å². The van der Waals surface area contributed by atoms with Gasteiger partial charge >= 0.3 is 0 Å². The highest BCUT2D eigenvalue weighted by molar-refractivity contribution is 5.40. The average molecular weight is 206 g/mol. The van der Waals surface area contributed by atoms with Crippen molar-refractivity contribution in [1.29, 1.82) is 0 Å². The van der Waals surface area contributed by atoms with Gasteiger partial charge in [0.15, 0.2) is 0 Å². The van der Waals surface area contributed by atoms with Gasteiger partial charge in [-0.2, -0.15) is 0 Å². The van der Waals surface area contributed by atoms with E-state index in [4.69, 9.17) is 9.47 Å². The third-order valence-electron chi connectivity index (χ3n) is 2.79. The summed E-state index contributed by atoms with van der Waals surface area (Å²) >= 11 is 0. The van der Waals surface area contributed by atoms with E-state index in [1.807, 2.05) is 19.9 Å². The predicted octanol–water partition coefficient (Wildman–Crippen LogP) is 3.11.